The zero-order valence-electron chi connectivity index (χ0n) is 9.37. The Hall–Kier alpha value is -0.180. The van der Waals surface area contributed by atoms with Gasteiger partial charge in [0.15, 0.2) is 0 Å². The van der Waals surface area contributed by atoms with Gasteiger partial charge in [0.05, 0.1) is 0 Å². The van der Waals surface area contributed by atoms with E-state index in [2.05, 4.69) is 5.32 Å². The van der Waals surface area contributed by atoms with Gasteiger partial charge in [-0.3, -0.25) is 0 Å². The third-order valence-electron chi connectivity index (χ3n) is 3.10. The zero-order chi connectivity index (χ0) is 10.8. The molecule has 1 saturated heterocycles. The van der Waals surface area contributed by atoms with Crippen molar-refractivity contribution in [1.82, 2.24) is 5.32 Å². The van der Waals surface area contributed by atoms with E-state index in [4.69, 9.17) is 0 Å². The molecule has 0 atom stereocenters. The quantitative estimate of drug-likeness (QED) is 0.730. The van der Waals surface area contributed by atoms with Crippen LogP contribution in [0.15, 0.2) is 0 Å². The molecule has 1 heterocycles. The molecule has 0 aromatic rings. The number of halogens is 2. The molecule has 1 aliphatic heterocycles. The number of hydrogen-bond acceptors (Lipinski definition) is 1. The lowest BCUT2D eigenvalue weighted by atomic mass is 9.80. The fourth-order valence-corrected chi connectivity index (χ4v) is 1.75. The Morgan fingerprint density at radius 2 is 1.64 bits per heavy atom. The highest BCUT2D eigenvalue weighted by atomic mass is 19.3. The minimum atomic E-state index is -2.53. The summed E-state index contributed by atoms with van der Waals surface area (Å²) in [6, 6.07) is 0. The molecule has 1 fully saturated rings. The van der Waals surface area contributed by atoms with Crippen LogP contribution in [-0.2, 0) is 0 Å². The smallest absolute Gasteiger partial charge is 0.253 e. The predicted octanol–water partition coefficient (Wildman–Crippen LogP) is 3.06. The van der Waals surface area contributed by atoms with Crippen molar-refractivity contribution >= 4 is 0 Å². The van der Waals surface area contributed by atoms with Crippen molar-refractivity contribution in [2.45, 2.75) is 46.0 Å². The predicted molar refractivity (Wildman–Crippen MR) is 54.6 cm³/mol. The maximum Gasteiger partial charge on any atom is 0.253 e. The molecule has 3 heteroatoms. The molecule has 14 heavy (non-hydrogen) atoms. The highest BCUT2D eigenvalue weighted by Gasteiger charge is 2.44. The van der Waals surface area contributed by atoms with E-state index in [-0.39, 0.29) is 12.3 Å². The Labute approximate surface area is 85.3 Å². The summed E-state index contributed by atoms with van der Waals surface area (Å²) < 4.78 is 27.4. The van der Waals surface area contributed by atoms with Gasteiger partial charge < -0.3 is 5.32 Å². The highest BCUT2D eigenvalue weighted by molar-refractivity contribution is 4.85. The molecule has 0 saturated carbocycles. The Balaban J connectivity index is 2.49. The molecular formula is C11H21F2N. The number of alkyl halides is 2. The standard InChI is InChI=1S/C11H21F2N/c1-10(2,3)11(12,13)8-9-4-6-14-7-5-9/h9,14H,4-8H2,1-3H3. The van der Waals surface area contributed by atoms with Gasteiger partial charge in [0.25, 0.3) is 5.92 Å². The van der Waals surface area contributed by atoms with E-state index in [1.54, 1.807) is 20.8 Å². The number of rotatable bonds is 2. The van der Waals surface area contributed by atoms with Gasteiger partial charge in [0.1, 0.15) is 0 Å². The van der Waals surface area contributed by atoms with Gasteiger partial charge >= 0.3 is 0 Å². The van der Waals surface area contributed by atoms with E-state index >= 15 is 0 Å². The van der Waals surface area contributed by atoms with Gasteiger partial charge in [-0.15, -0.1) is 0 Å². The number of piperidine rings is 1. The normalized spacial score (nSPS) is 21.2. The first kappa shape index (κ1) is 11.9. The molecule has 0 radical (unpaired) electrons. The number of hydrogen-bond donors (Lipinski definition) is 1. The van der Waals surface area contributed by atoms with E-state index in [0.29, 0.717) is 0 Å². The molecule has 84 valence electrons. The maximum absolute atomic E-state index is 13.7. The Bertz CT molecular complexity index is 178. The summed E-state index contributed by atoms with van der Waals surface area (Å²) >= 11 is 0. The lowest BCUT2D eigenvalue weighted by molar-refractivity contribution is -0.115. The van der Waals surface area contributed by atoms with Crippen LogP contribution >= 0.6 is 0 Å². The monoisotopic (exact) mass is 205 g/mol. The molecular weight excluding hydrogens is 184 g/mol. The van der Waals surface area contributed by atoms with E-state index in [1.807, 2.05) is 0 Å². The molecule has 0 aromatic heterocycles. The van der Waals surface area contributed by atoms with Crippen LogP contribution in [-0.4, -0.2) is 19.0 Å². The lowest BCUT2D eigenvalue weighted by Crippen LogP contribution is -2.38. The molecule has 1 aliphatic rings. The molecule has 0 amide bonds. The van der Waals surface area contributed by atoms with Crippen molar-refractivity contribution in [2.75, 3.05) is 13.1 Å². The summed E-state index contributed by atoms with van der Waals surface area (Å²) in [4.78, 5) is 0. The molecule has 0 aromatic carbocycles. The summed E-state index contributed by atoms with van der Waals surface area (Å²) in [5.74, 6) is -2.33. The minimum absolute atomic E-state index is 0.0538. The van der Waals surface area contributed by atoms with Gasteiger partial charge in [-0.2, -0.15) is 0 Å². The molecule has 0 unspecified atom stereocenters. The first-order valence-corrected chi connectivity index (χ1v) is 5.41. The van der Waals surface area contributed by atoms with Crippen molar-refractivity contribution < 1.29 is 8.78 Å². The minimum Gasteiger partial charge on any atom is -0.317 e. The third kappa shape index (κ3) is 2.91. The average Bonchev–Trinajstić information content (AvgIpc) is 2.03. The van der Waals surface area contributed by atoms with Crippen molar-refractivity contribution in [3.8, 4) is 0 Å². The first-order valence-electron chi connectivity index (χ1n) is 5.41. The highest BCUT2D eigenvalue weighted by Crippen LogP contribution is 2.41. The van der Waals surface area contributed by atoms with Crippen LogP contribution in [0, 0.1) is 11.3 Å². The van der Waals surface area contributed by atoms with Gasteiger partial charge in [-0.05, 0) is 31.8 Å². The van der Waals surface area contributed by atoms with Gasteiger partial charge in [0, 0.05) is 11.8 Å². The Kier molecular flexibility index (Phi) is 3.51. The average molecular weight is 205 g/mol. The lowest BCUT2D eigenvalue weighted by Gasteiger charge is -2.34. The number of nitrogens with one attached hydrogen (secondary N) is 1. The zero-order valence-corrected chi connectivity index (χ0v) is 9.37. The van der Waals surface area contributed by atoms with Crippen molar-refractivity contribution in [1.29, 1.82) is 0 Å². The van der Waals surface area contributed by atoms with Crippen LogP contribution in [0.2, 0.25) is 0 Å². The fraction of sp³-hybridized carbons (Fsp3) is 1.00. The van der Waals surface area contributed by atoms with Crippen LogP contribution in [0.3, 0.4) is 0 Å². The summed E-state index contributed by atoms with van der Waals surface area (Å²) in [5, 5.41) is 3.19. The van der Waals surface area contributed by atoms with Crippen molar-refractivity contribution in [3.05, 3.63) is 0 Å². The molecule has 1 rings (SSSR count). The van der Waals surface area contributed by atoms with Gasteiger partial charge in [-0.25, -0.2) is 8.78 Å². The third-order valence-corrected chi connectivity index (χ3v) is 3.10. The first-order chi connectivity index (χ1) is 6.33. The topological polar surface area (TPSA) is 12.0 Å². The SMILES string of the molecule is CC(C)(C)C(F)(F)CC1CCNCC1. The molecule has 0 spiro atoms. The van der Waals surface area contributed by atoms with Crippen LogP contribution in [0.4, 0.5) is 8.78 Å². The molecule has 1 nitrogen and oxygen atoms in total. The second-order valence-electron chi connectivity index (χ2n) is 5.35. The van der Waals surface area contributed by atoms with Gasteiger partial charge in [-0.1, -0.05) is 20.8 Å². The fourth-order valence-electron chi connectivity index (χ4n) is 1.75. The maximum atomic E-state index is 13.7. The van der Waals surface area contributed by atoms with Crippen LogP contribution in [0.25, 0.3) is 0 Å². The van der Waals surface area contributed by atoms with Crippen molar-refractivity contribution in [3.63, 3.8) is 0 Å². The largest absolute Gasteiger partial charge is 0.317 e. The van der Waals surface area contributed by atoms with E-state index < -0.39 is 11.3 Å². The molecule has 1 N–H and O–H groups in total. The molecule has 0 aliphatic carbocycles. The summed E-state index contributed by atoms with van der Waals surface area (Å²) in [5.41, 5.74) is -0.905. The second kappa shape index (κ2) is 4.13. The van der Waals surface area contributed by atoms with Crippen molar-refractivity contribution in [2.24, 2.45) is 11.3 Å². The Morgan fingerprint density at radius 1 is 1.14 bits per heavy atom. The van der Waals surface area contributed by atoms with E-state index in [9.17, 15) is 8.78 Å². The molecule has 0 bridgehead atoms. The van der Waals surface area contributed by atoms with Gasteiger partial charge in [0.2, 0.25) is 0 Å². The summed E-state index contributed by atoms with van der Waals surface area (Å²) in [6.45, 7) is 6.64. The summed E-state index contributed by atoms with van der Waals surface area (Å²) in [6.07, 6.45) is 1.84. The van der Waals surface area contributed by atoms with E-state index in [0.717, 1.165) is 25.9 Å². The van der Waals surface area contributed by atoms with Crippen LogP contribution in [0.1, 0.15) is 40.0 Å². The van der Waals surface area contributed by atoms with E-state index in [1.165, 1.54) is 0 Å². The van der Waals surface area contributed by atoms with Crippen LogP contribution < -0.4 is 5.32 Å². The summed E-state index contributed by atoms with van der Waals surface area (Å²) in [7, 11) is 0. The van der Waals surface area contributed by atoms with Crippen LogP contribution in [0.5, 0.6) is 0 Å². The second-order valence-corrected chi connectivity index (χ2v) is 5.35. The Morgan fingerprint density at radius 3 is 2.07 bits per heavy atom.